The van der Waals surface area contributed by atoms with Crippen LogP contribution in [0.3, 0.4) is 0 Å². The van der Waals surface area contributed by atoms with E-state index in [1.807, 2.05) is 36.1 Å². The third-order valence-electron chi connectivity index (χ3n) is 3.42. The van der Waals surface area contributed by atoms with E-state index in [4.69, 9.17) is 0 Å². The Morgan fingerprint density at radius 1 is 1.26 bits per heavy atom. The number of nitrogens with zero attached hydrogens (tertiary/aromatic N) is 4. The SMILES string of the molecule is Cn1cc(CN2CCNCC2)c(-c2ccccn2)n1. The number of nitrogens with one attached hydrogen (secondary N) is 1. The van der Waals surface area contributed by atoms with Crippen LogP contribution in [0.4, 0.5) is 0 Å². The molecular weight excluding hydrogens is 238 g/mol. The molecule has 0 atom stereocenters. The fourth-order valence-electron chi connectivity index (χ4n) is 2.48. The number of aryl methyl sites for hydroxylation is 1. The lowest BCUT2D eigenvalue weighted by molar-refractivity contribution is 0.233. The second-order valence-electron chi connectivity index (χ2n) is 4.92. The van der Waals surface area contributed by atoms with Gasteiger partial charge in [-0.2, -0.15) is 5.10 Å². The maximum absolute atomic E-state index is 4.56. The molecule has 0 spiro atoms. The number of rotatable bonds is 3. The minimum Gasteiger partial charge on any atom is -0.314 e. The second-order valence-corrected chi connectivity index (χ2v) is 4.92. The van der Waals surface area contributed by atoms with Crippen LogP contribution in [0.2, 0.25) is 0 Å². The summed E-state index contributed by atoms with van der Waals surface area (Å²) in [7, 11) is 1.97. The van der Waals surface area contributed by atoms with Gasteiger partial charge in [-0.15, -0.1) is 0 Å². The fraction of sp³-hybridized carbons (Fsp3) is 0.429. The quantitative estimate of drug-likeness (QED) is 0.887. The molecule has 1 fully saturated rings. The Morgan fingerprint density at radius 2 is 2.11 bits per heavy atom. The van der Waals surface area contributed by atoms with Crippen LogP contribution in [-0.4, -0.2) is 45.8 Å². The molecule has 2 aromatic heterocycles. The van der Waals surface area contributed by atoms with Crippen molar-refractivity contribution in [3.8, 4) is 11.4 Å². The molecule has 0 bridgehead atoms. The van der Waals surface area contributed by atoms with Gasteiger partial charge in [-0.05, 0) is 12.1 Å². The van der Waals surface area contributed by atoms with Crippen LogP contribution in [0, 0.1) is 0 Å². The van der Waals surface area contributed by atoms with Crippen LogP contribution in [0.25, 0.3) is 11.4 Å². The molecule has 1 aliphatic heterocycles. The van der Waals surface area contributed by atoms with Crippen molar-refractivity contribution in [3.05, 3.63) is 36.2 Å². The highest BCUT2D eigenvalue weighted by Crippen LogP contribution is 2.20. The largest absolute Gasteiger partial charge is 0.314 e. The molecule has 0 aromatic carbocycles. The first-order valence-electron chi connectivity index (χ1n) is 6.70. The van der Waals surface area contributed by atoms with Crippen molar-refractivity contribution in [3.63, 3.8) is 0 Å². The van der Waals surface area contributed by atoms with E-state index >= 15 is 0 Å². The average Bonchev–Trinajstić information content (AvgIpc) is 2.82. The minimum absolute atomic E-state index is 0.946. The van der Waals surface area contributed by atoms with E-state index < -0.39 is 0 Å². The molecule has 0 amide bonds. The van der Waals surface area contributed by atoms with Crippen LogP contribution in [0.15, 0.2) is 30.6 Å². The lowest BCUT2D eigenvalue weighted by Gasteiger charge is -2.26. The van der Waals surface area contributed by atoms with Crippen molar-refractivity contribution in [2.24, 2.45) is 7.05 Å². The van der Waals surface area contributed by atoms with Gasteiger partial charge in [-0.3, -0.25) is 14.6 Å². The number of hydrogen-bond acceptors (Lipinski definition) is 4. The Hall–Kier alpha value is -1.72. The third-order valence-corrected chi connectivity index (χ3v) is 3.42. The fourth-order valence-corrected chi connectivity index (χ4v) is 2.48. The van der Waals surface area contributed by atoms with Gasteiger partial charge in [-0.25, -0.2) is 0 Å². The minimum atomic E-state index is 0.946. The van der Waals surface area contributed by atoms with Crippen LogP contribution >= 0.6 is 0 Å². The summed E-state index contributed by atoms with van der Waals surface area (Å²) in [5.74, 6) is 0. The van der Waals surface area contributed by atoms with Gasteiger partial charge < -0.3 is 5.32 Å². The van der Waals surface area contributed by atoms with E-state index in [0.29, 0.717) is 0 Å². The molecule has 5 heteroatoms. The molecule has 3 rings (SSSR count). The van der Waals surface area contributed by atoms with E-state index in [9.17, 15) is 0 Å². The standard InChI is InChI=1S/C14H19N5/c1-18-10-12(11-19-8-6-15-7-9-19)14(17-18)13-4-2-3-5-16-13/h2-5,10,15H,6-9,11H2,1H3. The molecule has 0 aliphatic carbocycles. The van der Waals surface area contributed by atoms with Gasteiger partial charge in [0.15, 0.2) is 0 Å². The van der Waals surface area contributed by atoms with Gasteiger partial charge in [0.1, 0.15) is 5.69 Å². The van der Waals surface area contributed by atoms with E-state index in [-0.39, 0.29) is 0 Å². The van der Waals surface area contributed by atoms with Gasteiger partial charge in [0.25, 0.3) is 0 Å². The summed E-state index contributed by atoms with van der Waals surface area (Å²) < 4.78 is 1.88. The van der Waals surface area contributed by atoms with Crippen LogP contribution in [0.5, 0.6) is 0 Å². The summed E-state index contributed by atoms with van der Waals surface area (Å²) >= 11 is 0. The smallest absolute Gasteiger partial charge is 0.115 e. The number of piperazine rings is 1. The normalized spacial score (nSPS) is 16.7. The number of pyridine rings is 1. The van der Waals surface area contributed by atoms with Gasteiger partial charge in [0, 0.05) is 57.7 Å². The van der Waals surface area contributed by atoms with Crippen molar-refractivity contribution in [1.82, 2.24) is 25.0 Å². The zero-order valence-corrected chi connectivity index (χ0v) is 11.2. The summed E-state index contributed by atoms with van der Waals surface area (Å²) in [6, 6.07) is 5.96. The third kappa shape index (κ3) is 2.83. The predicted octanol–water partition coefficient (Wildman–Crippen LogP) is 0.887. The van der Waals surface area contributed by atoms with Crippen LogP contribution in [-0.2, 0) is 13.6 Å². The zero-order valence-electron chi connectivity index (χ0n) is 11.2. The van der Waals surface area contributed by atoms with Crippen LogP contribution < -0.4 is 5.32 Å². The van der Waals surface area contributed by atoms with Gasteiger partial charge >= 0.3 is 0 Å². The molecule has 5 nitrogen and oxygen atoms in total. The Morgan fingerprint density at radius 3 is 2.84 bits per heavy atom. The molecule has 1 saturated heterocycles. The monoisotopic (exact) mass is 257 g/mol. The molecule has 100 valence electrons. The maximum atomic E-state index is 4.56. The van der Waals surface area contributed by atoms with Gasteiger partial charge in [0.05, 0.1) is 5.69 Å². The van der Waals surface area contributed by atoms with E-state index in [1.54, 1.807) is 0 Å². The Balaban J connectivity index is 1.85. The van der Waals surface area contributed by atoms with Gasteiger partial charge in [0.2, 0.25) is 0 Å². The van der Waals surface area contributed by atoms with Gasteiger partial charge in [-0.1, -0.05) is 6.07 Å². The zero-order chi connectivity index (χ0) is 13.1. The highest BCUT2D eigenvalue weighted by Gasteiger charge is 2.16. The first kappa shape index (κ1) is 12.3. The van der Waals surface area contributed by atoms with E-state index in [1.165, 1.54) is 5.56 Å². The number of hydrogen-bond donors (Lipinski definition) is 1. The highest BCUT2D eigenvalue weighted by atomic mass is 15.3. The summed E-state index contributed by atoms with van der Waals surface area (Å²) in [4.78, 5) is 6.87. The Bertz CT molecular complexity index is 528. The van der Waals surface area contributed by atoms with Crippen molar-refractivity contribution < 1.29 is 0 Å². The maximum Gasteiger partial charge on any atom is 0.115 e. The lowest BCUT2D eigenvalue weighted by Crippen LogP contribution is -2.42. The molecule has 1 N–H and O–H groups in total. The predicted molar refractivity (Wildman–Crippen MR) is 74.6 cm³/mol. The lowest BCUT2D eigenvalue weighted by atomic mass is 10.1. The summed E-state index contributed by atoms with van der Waals surface area (Å²) in [6.45, 7) is 5.27. The van der Waals surface area contributed by atoms with Crippen LogP contribution in [0.1, 0.15) is 5.56 Å². The molecule has 0 saturated carbocycles. The summed E-state index contributed by atoms with van der Waals surface area (Å²) in [6.07, 6.45) is 3.92. The van der Waals surface area contributed by atoms with E-state index in [0.717, 1.165) is 44.1 Å². The molecule has 0 radical (unpaired) electrons. The van der Waals surface area contributed by atoms with E-state index in [2.05, 4.69) is 26.5 Å². The molecule has 0 unspecified atom stereocenters. The summed E-state index contributed by atoms with van der Waals surface area (Å²) in [5, 5.41) is 7.94. The van der Waals surface area contributed by atoms with Crippen molar-refractivity contribution >= 4 is 0 Å². The summed E-state index contributed by atoms with van der Waals surface area (Å²) in [5.41, 5.74) is 3.21. The van der Waals surface area contributed by atoms with Crippen molar-refractivity contribution in [2.75, 3.05) is 26.2 Å². The topological polar surface area (TPSA) is 46.0 Å². The average molecular weight is 257 g/mol. The van der Waals surface area contributed by atoms with Crippen molar-refractivity contribution in [2.45, 2.75) is 6.54 Å². The highest BCUT2D eigenvalue weighted by molar-refractivity contribution is 5.57. The molecular formula is C14H19N5. The molecule has 19 heavy (non-hydrogen) atoms. The second kappa shape index (κ2) is 5.50. The first-order valence-corrected chi connectivity index (χ1v) is 6.70. The Labute approximate surface area is 113 Å². The Kier molecular flexibility index (Phi) is 3.57. The molecule has 3 heterocycles. The molecule has 1 aliphatic rings. The molecule has 2 aromatic rings. The number of aromatic nitrogens is 3. The van der Waals surface area contributed by atoms with Crippen molar-refractivity contribution in [1.29, 1.82) is 0 Å². The first-order chi connectivity index (χ1) is 9.33.